The van der Waals surface area contributed by atoms with E-state index in [0.29, 0.717) is 11.8 Å². The Morgan fingerprint density at radius 2 is 1.56 bits per heavy atom. The van der Waals surface area contributed by atoms with Crippen LogP contribution >= 0.6 is 15.9 Å². The largest absolute Gasteiger partial charge is 0.316 e. The van der Waals surface area contributed by atoms with Gasteiger partial charge in [0.15, 0.2) is 0 Å². The minimum Gasteiger partial charge on any atom is -0.316 e. The first kappa shape index (κ1) is 15.7. The van der Waals surface area contributed by atoms with E-state index in [1.54, 1.807) is 0 Å². The van der Waals surface area contributed by atoms with Crippen LogP contribution in [0.1, 0.15) is 33.3 Å². The number of hydrogen-bond donors (Lipinski definition) is 1. The summed E-state index contributed by atoms with van der Waals surface area (Å²) in [6.45, 7) is 11.4. The van der Waals surface area contributed by atoms with Crippen LogP contribution < -0.4 is 5.32 Å². The lowest BCUT2D eigenvalue weighted by Gasteiger charge is -2.21. The highest BCUT2D eigenvalue weighted by atomic mass is 79.9. The summed E-state index contributed by atoms with van der Waals surface area (Å²) < 4.78 is 1.16. The van der Waals surface area contributed by atoms with Gasteiger partial charge in [-0.25, -0.2) is 0 Å². The van der Waals surface area contributed by atoms with Crippen molar-refractivity contribution in [1.82, 2.24) is 5.32 Å². The second-order valence-corrected chi connectivity index (χ2v) is 6.75. The van der Waals surface area contributed by atoms with Crippen molar-refractivity contribution >= 4 is 15.9 Å². The lowest BCUT2D eigenvalue weighted by Crippen LogP contribution is -2.28. The second-order valence-electron chi connectivity index (χ2n) is 5.84. The highest BCUT2D eigenvalue weighted by Crippen LogP contribution is 2.18. The minimum atomic E-state index is 0.714. The Kier molecular flexibility index (Phi) is 6.95. The zero-order valence-electron chi connectivity index (χ0n) is 12.0. The molecule has 18 heavy (non-hydrogen) atoms. The molecule has 2 unspecified atom stereocenters. The van der Waals surface area contributed by atoms with Crippen molar-refractivity contribution in [2.24, 2.45) is 17.8 Å². The maximum absolute atomic E-state index is 3.55. The van der Waals surface area contributed by atoms with Crippen molar-refractivity contribution in [3.05, 3.63) is 34.3 Å². The van der Waals surface area contributed by atoms with Crippen LogP contribution in [0.2, 0.25) is 0 Å². The number of benzene rings is 1. The molecule has 1 aromatic rings. The van der Waals surface area contributed by atoms with Gasteiger partial charge in [-0.2, -0.15) is 0 Å². The minimum absolute atomic E-state index is 0.714. The third kappa shape index (κ3) is 6.01. The van der Waals surface area contributed by atoms with Crippen molar-refractivity contribution in [3.8, 4) is 0 Å². The fourth-order valence-electron chi connectivity index (χ4n) is 1.99. The fourth-order valence-corrected chi connectivity index (χ4v) is 2.26. The molecule has 1 rings (SSSR count). The van der Waals surface area contributed by atoms with Crippen LogP contribution in [-0.4, -0.2) is 13.1 Å². The monoisotopic (exact) mass is 311 g/mol. The average molecular weight is 312 g/mol. The van der Waals surface area contributed by atoms with Gasteiger partial charge >= 0.3 is 0 Å². The lowest BCUT2D eigenvalue weighted by molar-refractivity contribution is 0.357. The molecule has 0 spiro atoms. The summed E-state index contributed by atoms with van der Waals surface area (Å²) in [6, 6.07) is 8.69. The number of hydrogen-bond acceptors (Lipinski definition) is 1. The number of nitrogens with one attached hydrogen (secondary N) is 1. The third-order valence-electron chi connectivity index (χ3n) is 3.46. The quantitative estimate of drug-likeness (QED) is 0.781. The lowest BCUT2D eigenvalue weighted by atomic mass is 9.89. The van der Waals surface area contributed by atoms with Gasteiger partial charge in [-0.05, 0) is 55.0 Å². The summed E-state index contributed by atoms with van der Waals surface area (Å²) in [5, 5.41) is 3.55. The molecular weight excluding hydrogens is 286 g/mol. The molecule has 0 aliphatic heterocycles. The molecule has 102 valence electrons. The van der Waals surface area contributed by atoms with Crippen molar-refractivity contribution < 1.29 is 0 Å². The first-order valence-electron chi connectivity index (χ1n) is 6.94. The van der Waals surface area contributed by atoms with E-state index in [1.165, 1.54) is 5.56 Å². The molecule has 2 heteroatoms. The normalized spacial score (nSPS) is 14.8. The summed E-state index contributed by atoms with van der Waals surface area (Å²) in [5.74, 6) is 2.16. The second kappa shape index (κ2) is 7.96. The van der Waals surface area contributed by atoms with E-state index in [9.17, 15) is 0 Å². The highest BCUT2D eigenvalue weighted by molar-refractivity contribution is 9.10. The molecule has 1 aromatic carbocycles. The van der Waals surface area contributed by atoms with Gasteiger partial charge in [-0.15, -0.1) is 0 Å². The van der Waals surface area contributed by atoms with Crippen LogP contribution in [0.5, 0.6) is 0 Å². The van der Waals surface area contributed by atoms with Crippen LogP contribution in [0, 0.1) is 17.8 Å². The Bertz CT molecular complexity index is 331. The molecule has 0 aromatic heterocycles. The van der Waals surface area contributed by atoms with Crippen molar-refractivity contribution in [2.75, 3.05) is 13.1 Å². The van der Waals surface area contributed by atoms with Crippen molar-refractivity contribution in [2.45, 2.75) is 34.1 Å². The summed E-state index contributed by atoms with van der Waals surface area (Å²) in [4.78, 5) is 0. The van der Waals surface area contributed by atoms with Gasteiger partial charge in [0.05, 0.1) is 0 Å². The van der Waals surface area contributed by atoms with E-state index in [0.717, 1.165) is 29.9 Å². The van der Waals surface area contributed by atoms with Gasteiger partial charge in [0.25, 0.3) is 0 Å². The van der Waals surface area contributed by atoms with Gasteiger partial charge in [0.2, 0.25) is 0 Å². The van der Waals surface area contributed by atoms with Crippen LogP contribution in [0.15, 0.2) is 28.7 Å². The molecule has 0 aliphatic carbocycles. The zero-order chi connectivity index (χ0) is 13.5. The van der Waals surface area contributed by atoms with Crippen LogP contribution in [0.4, 0.5) is 0 Å². The average Bonchev–Trinajstić information content (AvgIpc) is 2.31. The molecule has 0 fully saturated rings. The van der Waals surface area contributed by atoms with E-state index in [1.807, 2.05) is 0 Å². The van der Waals surface area contributed by atoms with Crippen LogP contribution in [0.25, 0.3) is 0 Å². The standard InChI is InChI=1S/C16H26BrN/c1-12(2)10-18-11-14(4)13(3)9-15-5-7-16(17)8-6-15/h5-8,12-14,18H,9-11H2,1-4H3. The maximum Gasteiger partial charge on any atom is 0.0175 e. The molecule has 0 saturated heterocycles. The summed E-state index contributed by atoms with van der Waals surface area (Å²) >= 11 is 3.48. The molecule has 0 bridgehead atoms. The SMILES string of the molecule is CC(C)CNCC(C)C(C)Cc1ccc(Br)cc1. The van der Waals surface area contributed by atoms with Crippen LogP contribution in [0.3, 0.4) is 0 Å². The predicted octanol–water partition coefficient (Wildman–Crippen LogP) is 4.51. The Morgan fingerprint density at radius 3 is 2.11 bits per heavy atom. The van der Waals surface area contributed by atoms with Gasteiger partial charge in [0, 0.05) is 4.47 Å². The summed E-state index contributed by atoms with van der Waals surface area (Å²) in [5.41, 5.74) is 1.43. The van der Waals surface area contributed by atoms with E-state index >= 15 is 0 Å². The smallest absolute Gasteiger partial charge is 0.0175 e. The van der Waals surface area contributed by atoms with Crippen molar-refractivity contribution in [1.29, 1.82) is 0 Å². The first-order valence-corrected chi connectivity index (χ1v) is 7.73. The molecule has 2 atom stereocenters. The third-order valence-corrected chi connectivity index (χ3v) is 3.99. The Labute approximate surface area is 120 Å². The molecule has 0 saturated carbocycles. The Hall–Kier alpha value is -0.340. The predicted molar refractivity (Wildman–Crippen MR) is 83.9 cm³/mol. The zero-order valence-corrected chi connectivity index (χ0v) is 13.6. The fraction of sp³-hybridized carbons (Fsp3) is 0.625. The molecule has 0 aliphatic rings. The van der Waals surface area contributed by atoms with Crippen molar-refractivity contribution in [3.63, 3.8) is 0 Å². The molecule has 0 radical (unpaired) electrons. The Balaban J connectivity index is 2.35. The first-order chi connectivity index (χ1) is 8.49. The van der Waals surface area contributed by atoms with Gasteiger partial charge in [0.1, 0.15) is 0 Å². The molecule has 1 N–H and O–H groups in total. The topological polar surface area (TPSA) is 12.0 Å². The van der Waals surface area contributed by atoms with Gasteiger partial charge in [-0.1, -0.05) is 55.8 Å². The van der Waals surface area contributed by atoms with E-state index < -0.39 is 0 Å². The van der Waals surface area contributed by atoms with Gasteiger partial charge in [-0.3, -0.25) is 0 Å². The number of rotatable bonds is 7. The number of halogens is 1. The molecular formula is C16H26BrN. The highest BCUT2D eigenvalue weighted by Gasteiger charge is 2.12. The van der Waals surface area contributed by atoms with E-state index in [4.69, 9.17) is 0 Å². The van der Waals surface area contributed by atoms with E-state index in [2.05, 4.69) is 73.2 Å². The summed E-state index contributed by atoms with van der Waals surface area (Å²) in [7, 11) is 0. The molecule has 0 amide bonds. The molecule has 0 heterocycles. The van der Waals surface area contributed by atoms with Gasteiger partial charge < -0.3 is 5.32 Å². The van der Waals surface area contributed by atoms with Crippen LogP contribution in [-0.2, 0) is 6.42 Å². The maximum atomic E-state index is 3.55. The van der Waals surface area contributed by atoms with E-state index in [-0.39, 0.29) is 0 Å². The summed E-state index contributed by atoms with van der Waals surface area (Å²) in [6.07, 6.45) is 1.16. The Morgan fingerprint density at radius 1 is 0.944 bits per heavy atom. The molecule has 1 nitrogen and oxygen atoms in total.